The van der Waals surface area contributed by atoms with Gasteiger partial charge in [-0.25, -0.2) is 9.97 Å². The molecule has 10 rings (SSSR count). The maximum atomic E-state index is 4.74. The number of para-hydroxylation sites is 1. The minimum atomic E-state index is 0.871. The molecule has 0 N–H and O–H groups in total. The van der Waals surface area contributed by atoms with Crippen molar-refractivity contribution in [3.63, 3.8) is 0 Å². The molecule has 0 saturated heterocycles. The largest absolute Gasteiger partial charge is 0.309 e. The predicted octanol–water partition coefficient (Wildman–Crippen LogP) is 8.99. The highest BCUT2D eigenvalue weighted by atomic mass is 15.2. The molecule has 0 bridgehead atoms. The number of hydrogen-bond acceptors (Lipinski definition) is 2. The maximum Gasteiger partial charge on any atom is 0.219 e. The van der Waals surface area contributed by atoms with E-state index in [0.717, 1.165) is 62.2 Å². The Labute approximate surface area is 269 Å². The van der Waals surface area contributed by atoms with Crippen LogP contribution in [0.25, 0.3) is 72.9 Å². The van der Waals surface area contributed by atoms with Crippen molar-refractivity contribution in [2.24, 2.45) is 0 Å². The second kappa shape index (κ2) is 9.95. The third kappa shape index (κ3) is 3.87. The average molecular weight is 606 g/mol. The summed E-state index contributed by atoms with van der Waals surface area (Å²) >= 11 is 0. The summed E-state index contributed by atoms with van der Waals surface area (Å²) in [6.07, 6.45) is 12.1. The molecule has 0 aliphatic rings. The van der Waals surface area contributed by atoms with Crippen LogP contribution in [0.2, 0.25) is 0 Å². The van der Waals surface area contributed by atoms with Crippen molar-refractivity contribution in [1.82, 2.24) is 32.5 Å². The van der Waals surface area contributed by atoms with Gasteiger partial charge < -0.3 is 4.57 Å². The van der Waals surface area contributed by atoms with E-state index in [1.165, 1.54) is 10.8 Å². The third-order valence-corrected chi connectivity index (χ3v) is 9.14. The van der Waals surface area contributed by atoms with Gasteiger partial charge in [0, 0.05) is 64.8 Å². The van der Waals surface area contributed by atoms with Crippen LogP contribution in [0.5, 0.6) is 0 Å². The zero-order valence-corrected chi connectivity index (χ0v) is 25.2. The van der Waals surface area contributed by atoms with E-state index in [2.05, 4.69) is 150 Å². The van der Waals surface area contributed by atoms with Crippen molar-refractivity contribution in [3.05, 3.63) is 165 Å². The minimum Gasteiger partial charge on any atom is -0.309 e. The Hall–Kier alpha value is -6.60. The molecule has 5 aromatic heterocycles. The van der Waals surface area contributed by atoms with E-state index in [-0.39, 0.29) is 0 Å². The van der Waals surface area contributed by atoms with Crippen LogP contribution in [0.15, 0.2) is 165 Å². The Balaban J connectivity index is 1.17. The molecular weight excluding hydrogens is 578 g/mol. The third-order valence-electron chi connectivity index (χ3n) is 9.14. The lowest BCUT2D eigenvalue weighted by Gasteiger charge is -2.12. The summed E-state index contributed by atoms with van der Waals surface area (Å²) in [5.41, 5.74) is 9.94. The van der Waals surface area contributed by atoms with Crippen LogP contribution in [0.1, 0.15) is 0 Å². The average Bonchev–Trinajstić information content (AvgIpc) is 3.95. The second-order valence-electron chi connectivity index (χ2n) is 11.8. The van der Waals surface area contributed by atoms with E-state index in [4.69, 9.17) is 9.97 Å². The number of hydrogen-bond donors (Lipinski definition) is 0. The molecule has 222 valence electrons. The lowest BCUT2D eigenvalue weighted by atomic mass is 10.1. The molecule has 0 fully saturated rings. The first-order valence-corrected chi connectivity index (χ1v) is 15.7. The van der Waals surface area contributed by atoms with Crippen LogP contribution in [0.4, 0.5) is 0 Å². The maximum absolute atomic E-state index is 4.74. The lowest BCUT2D eigenvalue weighted by Crippen LogP contribution is -1.99. The fourth-order valence-electron chi connectivity index (χ4n) is 7.00. The summed E-state index contributed by atoms with van der Waals surface area (Å²) in [7, 11) is 0. The molecule has 0 aliphatic carbocycles. The van der Waals surface area contributed by atoms with Gasteiger partial charge in [-0.1, -0.05) is 91.0 Å². The molecule has 5 heterocycles. The monoisotopic (exact) mass is 605 g/mol. The van der Waals surface area contributed by atoms with Gasteiger partial charge in [-0.3, -0.25) is 17.9 Å². The van der Waals surface area contributed by atoms with Crippen molar-refractivity contribution in [2.45, 2.75) is 0 Å². The van der Waals surface area contributed by atoms with E-state index < -0.39 is 0 Å². The molecule has 47 heavy (non-hydrogen) atoms. The lowest BCUT2D eigenvalue weighted by molar-refractivity contribution is 1.06. The van der Waals surface area contributed by atoms with Crippen molar-refractivity contribution in [2.75, 3.05) is 0 Å². The number of nitrogens with zero attached hydrogens (tertiary/aromatic N) is 7. The molecule has 0 radical (unpaired) electrons. The fraction of sp³-hybridized carbons (Fsp3) is 0. The van der Waals surface area contributed by atoms with E-state index in [9.17, 15) is 0 Å². The number of rotatable bonds is 5. The summed E-state index contributed by atoms with van der Waals surface area (Å²) in [6, 6.07) is 45.0. The van der Waals surface area contributed by atoms with Crippen LogP contribution in [-0.2, 0) is 0 Å². The number of benzene rings is 5. The molecule has 0 atom stereocenters. The fourth-order valence-corrected chi connectivity index (χ4v) is 7.00. The van der Waals surface area contributed by atoms with Crippen LogP contribution < -0.4 is 0 Å². The Morgan fingerprint density at radius 1 is 0.426 bits per heavy atom. The summed E-state index contributed by atoms with van der Waals surface area (Å²) < 4.78 is 11.0. The topological polar surface area (TPSA) is 49.4 Å². The highest BCUT2D eigenvalue weighted by molar-refractivity contribution is 6.09. The summed E-state index contributed by atoms with van der Waals surface area (Å²) in [5, 5.41) is 2.42. The van der Waals surface area contributed by atoms with Gasteiger partial charge in [0.1, 0.15) is 0 Å². The van der Waals surface area contributed by atoms with Crippen molar-refractivity contribution in [3.8, 4) is 39.6 Å². The smallest absolute Gasteiger partial charge is 0.219 e. The van der Waals surface area contributed by atoms with Crippen LogP contribution in [-0.4, -0.2) is 32.5 Å². The van der Waals surface area contributed by atoms with E-state index in [1.807, 2.05) is 36.9 Å². The first-order chi connectivity index (χ1) is 23.3. The SMILES string of the molecule is c1ccc(-c2cn(-c3cccc(-n4c5ccccc5c5ccc(-n6cc(-c7ccccc7)n7ccnc67)cc54)c3)c3nccn23)cc1. The molecule has 0 spiro atoms. The minimum absolute atomic E-state index is 0.871. The van der Waals surface area contributed by atoms with Crippen molar-refractivity contribution >= 4 is 33.4 Å². The van der Waals surface area contributed by atoms with Crippen LogP contribution >= 0.6 is 0 Å². The Morgan fingerprint density at radius 3 is 1.64 bits per heavy atom. The normalized spacial score (nSPS) is 11.8. The number of imidazole rings is 4. The molecule has 10 aromatic rings. The Kier molecular flexibility index (Phi) is 5.44. The van der Waals surface area contributed by atoms with Gasteiger partial charge >= 0.3 is 0 Å². The molecule has 0 saturated carbocycles. The van der Waals surface area contributed by atoms with Crippen LogP contribution in [0.3, 0.4) is 0 Å². The highest BCUT2D eigenvalue weighted by Crippen LogP contribution is 2.35. The van der Waals surface area contributed by atoms with E-state index in [1.54, 1.807) is 0 Å². The summed E-state index contributed by atoms with van der Waals surface area (Å²) in [6.45, 7) is 0. The Bertz CT molecular complexity index is 2740. The first kappa shape index (κ1) is 25.7. The van der Waals surface area contributed by atoms with Crippen molar-refractivity contribution in [1.29, 1.82) is 0 Å². The molecule has 0 unspecified atom stereocenters. The van der Waals surface area contributed by atoms with Gasteiger partial charge in [-0.2, -0.15) is 0 Å². The molecule has 0 aliphatic heterocycles. The number of aromatic nitrogens is 7. The zero-order valence-electron chi connectivity index (χ0n) is 25.2. The second-order valence-corrected chi connectivity index (χ2v) is 11.8. The first-order valence-electron chi connectivity index (χ1n) is 15.7. The van der Waals surface area contributed by atoms with Gasteiger partial charge in [-0.05, 0) is 36.4 Å². The zero-order chi connectivity index (χ0) is 30.9. The molecule has 7 nitrogen and oxygen atoms in total. The van der Waals surface area contributed by atoms with Crippen molar-refractivity contribution < 1.29 is 0 Å². The Morgan fingerprint density at radius 2 is 0.979 bits per heavy atom. The van der Waals surface area contributed by atoms with E-state index >= 15 is 0 Å². The summed E-state index contributed by atoms with van der Waals surface area (Å²) in [4.78, 5) is 9.47. The van der Waals surface area contributed by atoms with Gasteiger partial charge in [0.15, 0.2) is 0 Å². The highest BCUT2D eigenvalue weighted by Gasteiger charge is 2.18. The molecule has 5 aromatic carbocycles. The van der Waals surface area contributed by atoms with Gasteiger partial charge in [0.05, 0.1) is 33.8 Å². The standard InChI is InChI=1S/C40H27N7/c1-3-10-28(11-4-1)37-26-45(39-41-20-22-43(37)39)30-14-9-15-32(24-30)47-35-17-8-7-16-33(35)34-19-18-31(25-36(34)47)46-27-38(29-12-5-2-6-13-29)44-23-21-42-40(44)46/h1-27H. The molecule has 0 amide bonds. The van der Waals surface area contributed by atoms with Gasteiger partial charge in [0.2, 0.25) is 11.6 Å². The van der Waals surface area contributed by atoms with Gasteiger partial charge in [0.25, 0.3) is 0 Å². The molecule has 7 heteroatoms. The van der Waals surface area contributed by atoms with Gasteiger partial charge in [-0.15, -0.1) is 0 Å². The summed E-state index contributed by atoms with van der Waals surface area (Å²) in [5.74, 6) is 1.74. The van der Waals surface area contributed by atoms with Crippen LogP contribution in [0, 0.1) is 0 Å². The quantitative estimate of drug-likeness (QED) is 0.197. The van der Waals surface area contributed by atoms with E-state index in [0.29, 0.717) is 0 Å². The number of fused-ring (bicyclic) bond motifs is 5. The molecular formula is C40H27N7. The predicted molar refractivity (Wildman–Crippen MR) is 188 cm³/mol.